The fourth-order valence-electron chi connectivity index (χ4n) is 1.45. The molecular formula is C12H9FN2O4. The Labute approximate surface area is 106 Å². The predicted molar refractivity (Wildman–Crippen MR) is 62.9 cm³/mol. The Morgan fingerprint density at radius 1 is 1.47 bits per heavy atom. The van der Waals surface area contributed by atoms with Crippen LogP contribution in [0, 0.1) is 5.82 Å². The van der Waals surface area contributed by atoms with Gasteiger partial charge in [-0.05, 0) is 12.1 Å². The molecule has 0 aliphatic rings. The molecule has 0 unspecified atom stereocenters. The van der Waals surface area contributed by atoms with E-state index in [4.69, 9.17) is 9.84 Å². The molecule has 0 fully saturated rings. The SMILES string of the molecule is Cn1ccnc(Oc2cccc(F)c2C(=O)O)c1=O. The van der Waals surface area contributed by atoms with Gasteiger partial charge in [0.25, 0.3) is 5.88 Å². The van der Waals surface area contributed by atoms with Crippen LogP contribution in [0.3, 0.4) is 0 Å². The minimum Gasteiger partial charge on any atom is -0.477 e. The van der Waals surface area contributed by atoms with Crippen LogP contribution in [0.4, 0.5) is 4.39 Å². The van der Waals surface area contributed by atoms with Crippen LogP contribution in [0.5, 0.6) is 11.6 Å². The van der Waals surface area contributed by atoms with Crippen molar-refractivity contribution in [3.8, 4) is 11.6 Å². The fourth-order valence-corrected chi connectivity index (χ4v) is 1.45. The molecule has 1 aromatic heterocycles. The number of rotatable bonds is 3. The molecule has 1 heterocycles. The molecule has 7 heteroatoms. The van der Waals surface area contributed by atoms with Crippen LogP contribution in [0.15, 0.2) is 35.4 Å². The topological polar surface area (TPSA) is 81.4 Å². The van der Waals surface area contributed by atoms with Gasteiger partial charge in [0, 0.05) is 19.4 Å². The molecule has 6 nitrogen and oxygen atoms in total. The van der Waals surface area contributed by atoms with Crippen molar-refractivity contribution in [2.24, 2.45) is 7.05 Å². The fraction of sp³-hybridized carbons (Fsp3) is 0.0833. The minimum absolute atomic E-state index is 0.275. The maximum absolute atomic E-state index is 13.4. The molecule has 0 aliphatic carbocycles. The summed E-state index contributed by atoms with van der Waals surface area (Å²) in [6, 6.07) is 3.53. The Morgan fingerprint density at radius 3 is 2.89 bits per heavy atom. The van der Waals surface area contributed by atoms with Gasteiger partial charge in [-0.2, -0.15) is 0 Å². The molecule has 0 atom stereocenters. The van der Waals surface area contributed by atoms with E-state index in [9.17, 15) is 14.0 Å². The summed E-state index contributed by atoms with van der Waals surface area (Å²) in [6.07, 6.45) is 2.73. The Kier molecular flexibility index (Phi) is 3.28. The van der Waals surface area contributed by atoms with E-state index in [2.05, 4.69) is 4.98 Å². The van der Waals surface area contributed by atoms with Gasteiger partial charge in [-0.25, -0.2) is 14.2 Å². The van der Waals surface area contributed by atoms with Gasteiger partial charge in [0.05, 0.1) is 0 Å². The van der Waals surface area contributed by atoms with Gasteiger partial charge in [-0.15, -0.1) is 0 Å². The first kappa shape index (κ1) is 12.7. The standard InChI is InChI=1S/C12H9FN2O4/c1-15-6-5-14-10(11(15)16)19-8-4-2-3-7(13)9(8)12(17)18/h2-6H,1H3,(H,17,18). The van der Waals surface area contributed by atoms with Gasteiger partial charge in [-0.3, -0.25) is 4.79 Å². The zero-order chi connectivity index (χ0) is 14.0. The summed E-state index contributed by atoms with van der Waals surface area (Å²) < 4.78 is 19.7. The number of aromatic carboxylic acids is 1. The van der Waals surface area contributed by atoms with Crippen LogP contribution in [0.1, 0.15) is 10.4 Å². The van der Waals surface area contributed by atoms with E-state index >= 15 is 0 Å². The van der Waals surface area contributed by atoms with Crippen molar-refractivity contribution in [1.29, 1.82) is 0 Å². The minimum atomic E-state index is -1.49. The van der Waals surface area contributed by atoms with Gasteiger partial charge < -0.3 is 14.4 Å². The number of nitrogens with zero attached hydrogens (tertiary/aromatic N) is 2. The Bertz CT molecular complexity index is 696. The summed E-state index contributed by atoms with van der Waals surface area (Å²) >= 11 is 0. The molecule has 0 saturated heterocycles. The second-order valence-electron chi connectivity index (χ2n) is 3.67. The van der Waals surface area contributed by atoms with Crippen molar-refractivity contribution < 1.29 is 19.0 Å². The summed E-state index contributed by atoms with van der Waals surface area (Å²) in [6.45, 7) is 0. The Balaban J connectivity index is 2.50. The average Bonchev–Trinajstić information content (AvgIpc) is 2.34. The third-order valence-electron chi connectivity index (χ3n) is 2.38. The van der Waals surface area contributed by atoms with Crippen molar-refractivity contribution in [3.63, 3.8) is 0 Å². The van der Waals surface area contributed by atoms with Crippen LogP contribution < -0.4 is 10.3 Å². The lowest BCUT2D eigenvalue weighted by Gasteiger charge is -2.08. The quantitative estimate of drug-likeness (QED) is 0.906. The van der Waals surface area contributed by atoms with Gasteiger partial charge in [0.1, 0.15) is 17.1 Å². The third kappa shape index (κ3) is 2.44. The first-order valence-electron chi connectivity index (χ1n) is 5.22. The van der Waals surface area contributed by atoms with Crippen LogP contribution in [0.25, 0.3) is 0 Å². The van der Waals surface area contributed by atoms with E-state index in [1.54, 1.807) is 0 Å². The number of hydrogen-bond acceptors (Lipinski definition) is 4. The van der Waals surface area contributed by atoms with Crippen LogP contribution in [0.2, 0.25) is 0 Å². The number of carboxylic acids is 1. The Morgan fingerprint density at radius 2 is 2.21 bits per heavy atom. The highest BCUT2D eigenvalue weighted by Crippen LogP contribution is 2.24. The lowest BCUT2D eigenvalue weighted by Crippen LogP contribution is -2.19. The monoisotopic (exact) mass is 264 g/mol. The van der Waals surface area contributed by atoms with Gasteiger partial charge in [0.15, 0.2) is 0 Å². The van der Waals surface area contributed by atoms with Crippen molar-refractivity contribution in [1.82, 2.24) is 9.55 Å². The van der Waals surface area contributed by atoms with Crippen molar-refractivity contribution in [3.05, 3.63) is 52.3 Å². The molecule has 1 N–H and O–H groups in total. The number of halogens is 1. The molecular weight excluding hydrogens is 255 g/mol. The highest BCUT2D eigenvalue weighted by atomic mass is 19.1. The number of carbonyl (C=O) groups is 1. The number of aryl methyl sites for hydroxylation is 1. The number of ether oxygens (including phenoxy) is 1. The van der Waals surface area contributed by atoms with Crippen molar-refractivity contribution in [2.45, 2.75) is 0 Å². The first-order valence-corrected chi connectivity index (χ1v) is 5.22. The summed E-state index contributed by atoms with van der Waals surface area (Å²) in [4.78, 5) is 26.3. The van der Waals surface area contributed by atoms with E-state index in [1.165, 1.54) is 36.1 Å². The molecule has 0 bridgehead atoms. The molecule has 0 spiro atoms. The van der Waals surface area contributed by atoms with Crippen LogP contribution in [-0.2, 0) is 7.05 Å². The van der Waals surface area contributed by atoms with E-state index in [0.717, 1.165) is 6.07 Å². The lowest BCUT2D eigenvalue weighted by molar-refractivity contribution is 0.0689. The number of carboxylic acid groups (broad SMARTS) is 1. The average molecular weight is 264 g/mol. The van der Waals surface area contributed by atoms with Crippen LogP contribution >= 0.6 is 0 Å². The summed E-state index contributed by atoms with van der Waals surface area (Å²) in [5.41, 5.74) is -1.20. The normalized spacial score (nSPS) is 10.2. The van der Waals surface area contributed by atoms with Crippen molar-refractivity contribution in [2.75, 3.05) is 0 Å². The largest absolute Gasteiger partial charge is 0.477 e. The summed E-state index contributed by atoms with van der Waals surface area (Å²) in [7, 11) is 1.49. The van der Waals surface area contributed by atoms with E-state index in [-0.39, 0.29) is 11.6 Å². The van der Waals surface area contributed by atoms with Gasteiger partial charge in [-0.1, -0.05) is 6.07 Å². The van der Waals surface area contributed by atoms with Crippen LogP contribution in [-0.4, -0.2) is 20.6 Å². The molecule has 0 amide bonds. The number of aromatic nitrogens is 2. The maximum Gasteiger partial charge on any atom is 0.342 e. The molecule has 98 valence electrons. The molecule has 0 saturated carbocycles. The number of benzene rings is 1. The van der Waals surface area contributed by atoms with Gasteiger partial charge in [0.2, 0.25) is 0 Å². The second-order valence-corrected chi connectivity index (χ2v) is 3.67. The zero-order valence-electron chi connectivity index (χ0n) is 9.83. The van der Waals surface area contributed by atoms with E-state index < -0.39 is 22.9 Å². The Hall–Kier alpha value is -2.70. The molecule has 0 radical (unpaired) electrons. The molecule has 0 aliphatic heterocycles. The van der Waals surface area contributed by atoms with Crippen molar-refractivity contribution >= 4 is 5.97 Å². The molecule has 2 rings (SSSR count). The summed E-state index contributed by atoms with van der Waals surface area (Å²) in [5, 5.41) is 8.92. The maximum atomic E-state index is 13.4. The highest BCUT2D eigenvalue weighted by molar-refractivity contribution is 5.91. The lowest BCUT2D eigenvalue weighted by atomic mass is 10.2. The molecule has 19 heavy (non-hydrogen) atoms. The number of hydrogen-bond donors (Lipinski definition) is 1. The third-order valence-corrected chi connectivity index (χ3v) is 2.38. The second kappa shape index (κ2) is 4.89. The van der Waals surface area contributed by atoms with E-state index in [1.807, 2.05) is 0 Å². The highest BCUT2D eigenvalue weighted by Gasteiger charge is 2.18. The predicted octanol–water partition coefficient (Wildman–Crippen LogP) is 1.41. The smallest absolute Gasteiger partial charge is 0.342 e. The zero-order valence-corrected chi connectivity index (χ0v) is 9.83. The molecule has 1 aromatic carbocycles. The first-order chi connectivity index (χ1) is 9.00. The molecule has 2 aromatic rings. The van der Waals surface area contributed by atoms with E-state index in [0.29, 0.717) is 0 Å². The van der Waals surface area contributed by atoms with Gasteiger partial charge >= 0.3 is 11.5 Å². The summed E-state index contributed by atoms with van der Waals surface area (Å²) in [5.74, 6) is -3.03.